The number of ether oxygens (including phenoxy) is 1. The van der Waals surface area contributed by atoms with Crippen molar-refractivity contribution in [1.82, 2.24) is 10.2 Å². The van der Waals surface area contributed by atoms with Gasteiger partial charge in [-0.3, -0.25) is 9.59 Å². The number of fused-ring (bicyclic) bond motifs is 3. The molecule has 3 N–H and O–H groups in total. The fraction of sp³-hybridized carbons (Fsp3) is 0.318. The molecule has 0 aromatic heterocycles. The number of rotatable bonds is 8. The zero-order valence-electron chi connectivity index (χ0n) is 17.0. The number of likely N-dealkylation sites (N-methyl/N-ethyl adjacent to an activating group) is 1. The number of hydrogen-bond donors (Lipinski definition) is 2. The molecule has 8 heteroatoms. The van der Waals surface area contributed by atoms with Gasteiger partial charge in [-0.15, -0.1) is 11.8 Å². The largest absolute Gasteiger partial charge is 0.449 e. The Morgan fingerprint density at radius 2 is 1.67 bits per heavy atom. The molecule has 0 saturated heterocycles. The number of carbonyl (C=O) groups is 3. The zero-order chi connectivity index (χ0) is 21.7. The van der Waals surface area contributed by atoms with Crippen LogP contribution in [0.3, 0.4) is 0 Å². The van der Waals surface area contributed by atoms with E-state index in [2.05, 4.69) is 17.4 Å². The van der Waals surface area contributed by atoms with E-state index in [0.717, 1.165) is 22.3 Å². The van der Waals surface area contributed by atoms with E-state index < -0.39 is 12.0 Å². The van der Waals surface area contributed by atoms with E-state index in [1.165, 1.54) is 16.7 Å². The van der Waals surface area contributed by atoms with Crippen LogP contribution in [0.1, 0.15) is 23.5 Å². The molecule has 2 aromatic carbocycles. The molecular weight excluding hydrogens is 402 g/mol. The van der Waals surface area contributed by atoms with Crippen LogP contribution in [0, 0.1) is 0 Å². The maximum Gasteiger partial charge on any atom is 0.407 e. The zero-order valence-corrected chi connectivity index (χ0v) is 17.8. The van der Waals surface area contributed by atoms with Crippen molar-refractivity contribution in [2.45, 2.75) is 17.7 Å². The molecule has 0 aliphatic heterocycles. The lowest BCUT2D eigenvalue weighted by atomic mass is 9.98. The monoisotopic (exact) mass is 427 g/mol. The highest BCUT2D eigenvalue weighted by Gasteiger charge is 2.29. The van der Waals surface area contributed by atoms with E-state index in [1.54, 1.807) is 13.3 Å². The summed E-state index contributed by atoms with van der Waals surface area (Å²) in [5.41, 5.74) is 9.76. The van der Waals surface area contributed by atoms with Crippen LogP contribution >= 0.6 is 11.8 Å². The van der Waals surface area contributed by atoms with Gasteiger partial charge in [0.2, 0.25) is 11.8 Å². The molecule has 3 amide bonds. The summed E-state index contributed by atoms with van der Waals surface area (Å²) in [5, 5.41) is 2.11. The van der Waals surface area contributed by atoms with Gasteiger partial charge in [0.05, 0.1) is 11.8 Å². The SMILES string of the molecule is CSC(CC(N)=O)N(C)C(=O)CNC(=O)OCC1c2ccccc2-c2ccccc21. The first kappa shape index (κ1) is 21.7. The number of nitrogens with zero attached hydrogens (tertiary/aromatic N) is 1. The molecule has 1 aliphatic carbocycles. The second kappa shape index (κ2) is 9.67. The van der Waals surface area contributed by atoms with Crippen molar-refractivity contribution < 1.29 is 19.1 Å². The molecule has 7 nitrogen and oxygen atoms in total. The summed E-state index contributed by atoms with van der Waals surface area (Å²) in [6.07, 6.45) is 1.18. The van der Waals surface area contributed by atoms with Crippen LogP contribution in [-0.4, -0.2) is 54.6 Å². The van der Waals surface area contributed by atoms with Crippen LogP contribution in [0.25, 0.3) is 11.1 Å². The van der Waals surface area contributed by atoms with Crippen molar-refractivity contribution in [3.05, 3.63) is 59.7 Å². The Bertz CT molecular complexity index is 904. The van der Waals surface area contributed by atoms with E-state index in [0.29, 0.717) is 0 Å². The number of nitrogens with one attached hydrogen (secondary N) is 1. The third-order valence-electron chi connectivity index (χ3n) is 5.20. The third kappa shape index (κ3) is 4.76. The van der Waals surface area contributed by atoms with Crippen LogP contribution in [0.2, 0.25) is 0 Å². The average Bonchev–Trinajstić information content (AvgIpc) is 3.07. The Labute approximate surface area is 180 Å². The van der Waals surface area contributed by atoms with E-state index >= 15 is 0 Å². The first-order valence-electron chi connectivity index (χ1n) is 9.58. The summed E-state index contributed by atoms with van der Waals surface area (Å²) >= 11 is 1.34. The van der Waals surface area contributed by atoms with E-state index in [9.17, 15) is 14.4 Å². The second-order valence-corrected chi connectivity index (χ2v) is 8.06. The molecule has 0 fully saturated rings. The maximum atomic E-state index is 12.3. The van der Waals surface area contributed by atoms with Crippen LogP contribution in [-0.2, 0) is 14.3 Å². The highest BCUT2D eigenvalue weighted by molar-refractivity contribution is 7.99. The van der Waals surface area contributed by atoms with Crippen molar-refractivity contribution in [3.63, 3.8) is 0 Å². The third-order valence-corrected chi connectivity index (χ3v) is 6.23. The minimum atomic E-state index is -0.658. The van der Waals surface area contributed by atoms with Gasteiger partial charge in [0.25, 0.3) is 0 Å². The van der Waals surface area contributed by atoms with Crippen molar-refractivity contribution in [1.29, 1.82) is 0 Å². The van der Waals surface area contributed by atoms with Gasteiger partial charge in [-0.2, -0.15) is 0 Å². The number of alkyl carbamates (subject to hydrolysis) is 1. The first-order chi connectivity index (χ1) is 14.4. The number of hydrogen-bond acceptors (Lipinski definition) is 5. The Morgan fingerprint density at radius 1 is 1.10 bits per heavy atom. The highest BCUT2D eigenvalue weighted by atomic mass is 32.2. The molecule has 1 unspecified atom stereocenters. The van der Waals surface area contributed by atoms with Gasteiger partial charge in [0.1, 0.15) is 13.2 Å². The van der Waals surface area contributed by atoms with Gasteiger partial charge < -0.3 is 20.7 Å². The molecule has 1 atom stereocenters. The molecular formula is C22H25N3O4S. The molecule has 3 rings (SSSR count). The normalized spacial score (nSPS) is 13.1. The molecule has 0 bridgehead atoms. The van der Waals surface area contributed by atoms with Gasteiger partial charge in [-0.1, -0.05) is 48.5 Å². The lowest BCUT2D eigenvalue weighted by molar-refractivity contribution is -0.130. The van der Waals surface area contributed by atoms with Crippen molar-refractivity contribution in [2.24, 2.45) is 5.73 Å². The van der Waals surface area contributed by atoms with Crippen molar-refractivity contribution in [2.75, 3.05) is 26.5 Å². The lowest BCUT2D eigenvalue weighted by Crippen LogP contribution is -2.43. The number of carbonyl (C=O) groups excluding carboxylic acids is 3. The molecule has 0 heterocycles. The molecule has 1 aliphatic rings. The Morgan fingerprint density at radius 3 is 2.20 bits per heavy atom. The minimum Gasteiger partial charge on any atom is -0.449 e. The maximum absolute atomic E-state index is 12.3. The summed E-state index contributed by atoms with van der Waals surface area (Å²) in [4.78, 5) is 37.0. The minimum absolute atomic E-state index is 0.0436. The Kier molecular flexibility index (Phi) is 6.99. The molecule has 2 aromatic rings. The van der Waals surface area contributed by atoms with Gasteiger partial charge in [0, 0.05) is 13.0 Å². The van der Waals surface area contributed by atoms with Gasteiger partial charge in [-0.05, 0) is 28.5 Å². The summed E-state index contributed by atoms with van der Waals surface area (Å²) in [6, 6.07) is 16.2. The van der Waals surface area contributed by atoms with Crippen LogP contribution in [0.15, 0.2) is 48.5 Å². The highest BCUT2D eigenvalue weighted by Crippen LogP contribution is 2.44. The number of thioether (sulfide) groups is 1. The van der Waals surface area contributed by atoms with Gasteiger partial charge in [0.15, 0.2) is 0 Å². The van der Waals surface area contributed by atoms with Crippen LogP contribution < -0.4 is 11.1 Å². The Balaban J connectivity index is 1.55. The van der Waals surface area contributed by atoms with Gasteiger partial charge >= 0.3 is 6.09 Å². The number of amides is 3. The van der Waals surface area contributed by atoms with Crippen LogP contribution in [0.4, 0.5) is 4.79 Å². The Hall–Kier alpha value is -3.00. The summed E-state index contributed by atoms with van der Waals surface area (Å²) in [6.45, 7) is -0.0397. The molecule has 158 valence electrons. The number of benzene rings is 2. The molecule has 0 saturated carbocycles. The first-order valence-corrected chi connectivity index (χ1v) is 10.9. The summed E-state index contributed by atoms with van der Waals surface area (Å²) in [7, 11) is 1.58. The van der Waals surface area contributed by atoms with E-state index in [1.807, 2.05) is 36.4 Å². The molecule has 0 radical (unpaired) electrons. The molecule has 0 spiro atoms. The predicted octanol–water partition coefficient (Wildman–Crippen LogP) is 2.55. The molecule has 30 heavy (non-hydrogen) atoms. The summed E-state index contributed by atoms with van der Waals surface area (Å²) < 4.78 is 5.42. The standard InChI is InChI=1S/C22H25N3O4S/c1-25(21(30-2)11-19(23)26)20(27)12-24-22(28)29-13-18-16-9-5-3-7-14(16)15-8-4-6-10-17(15)18/h3-10,18,21H,11-13H2,1-2H3,(H2,23,26)(H,24,28). The van der Waals surface area contributed by atoms with E-state index in [4.69, 9.17) is 10.5 Å². The second-order valence-electron chi connectivity index (χ2n) is 7.04. The van der Waals surface area contributed by atoms with Gasteiger partial charge in [-0.25, -0.2) is 4.79 Å². The van der Waals surface area contributed by atoms with Crippen molar-refractivity contribution in [3.8, 4) is 11.1 Å². The fourth-order valence-corrected chi connectivity index (χ4v) is 4.40. The summed E-state index contributed by atoms with van der Waals surface area (Å²) in [5.74, 6) is -0.861. The number of primary amides is 1. The van der Waals surface area contributed by atoms with E-state index in [-0.39, 0.29) is 36.8 Å². The fourth-order valence-electron chi connectivity index (χ4n) is 3.63. The quantitative estimate of drug-likeness (QED) is 0.631. The smallest absolute Gasteiger partial charge is 0.407 e. The topological polar surface area (TPSA) is 102 Å². The van der Waals surface area contributed by atoms with Crippen LogP contribution in [0.5, 0.6) is 0 Å². The van der Waals surface area contributed by atoms with Crippen molar-refractivity contribution >= 4 is 29.7 Å². The average molecular weight is 428 g/mol. The predicted molar refractivity (Wildman–Crippen MR) is 117 cm³/mol. The lowest BCUT2D eigenvalue weighted by Gasteiger charge is -2.25. The number of nitrogens with two attached hydrogens (primary N) is 1.